The van der Waals surface area contributed by atoms with E-state index in [-0.39, 0.29) is 5.92 Å². The van der Waals surface area contributed by atoms with Gasteiger partial charge in [-0.2, -0.15) is 0 Å². The summed E-state index contributed by atoms with van der Waals surface area (Å²) in [6, 6.07) is 0. The van der Waals surface area contributed by atoms with Gasteiger partial charge in [-0.05, 0) is 12.3 Å². The molecule has 0 heterocycles. The Morgan fingerprint density at radius 2 is 2.36 bits per heavy atom. The maximum atomic E-state index is 10.1. The molecule has 3 heteroatoms. The molecule has 0 radical (unpaired) electrons. The molecule has 0 fully saturated rings. The van der Waals surface area contributed by atoms with Gasteiger partial charge in [0, 0.05) is 11.8 Å². The smallest absolute Gasteiger partial charge is 0.330 e. The molecule has 3 N–H and O–H groups in total. The van der Waals surface area contributed by atoms with E-state index in [1.165, 1.54) is 0 Å². The number of hydrogen-bond acceptors (Lipinski definition) is 2. The lowest BCUT2D eigenvalue weighted by molar-refractivity contribution is -0.131. The lowest BCUT2D eigenvalue weighted by atomic mass is 10.1. The van der Waals surface area contributed by atoms with Crippen LogP contribution in [0.1, 0.15) is 13.3 Å². The van der Waals surface area contributed by atoms with E-state index < -0.39 is 5.97 Å². The Bertz CT molecular complexity index is 185. The first-order chi connectivity index (χ1) is 5.06. The third-order valence-corrected chi connectivity index (χ3v) is 1.27. The first-order valence-corrected chi connectivity index (χ1v) is 3.37. The highest BCUT2D eigenvalue weighted by molar-refractivity contribution is 5.80. The van der Waals surface area contributed by atoms with Gasteiger partial charge in [0.25, 0.3) is 0 Å². The Balaban J connectivity index is 3.95. The molecule has 0 bridgehead atoms. The van der Waals surface area contributed by atoms with Gasteiger partial charge < -0.3 is 10.8 Å². The molecule has 0 aliphatic rings. The highest BCUT2D eigenvalue weighted by Crippen LogP contribution is 2.06. The molecule has 0 aliphatic carbocycles. The minimum absolute atomic E-state index is 0.227. The second-order valence-electron chi connectivity index (χ2n) is 2.47. The largest absolute Gasteiger partial charge is 0.478 e. The molecule has 0 unspecified atom stereocenters. The molecule has 1 atom stereocenters. The predicted octanol–water partition coefficient (Wildman–Crippen LogP) is 1.13. The first kappa shape index (κ1) is 9.75. The quantitative estimate of drug-likeness (QED) is 0.472. The minimum Gasteiger partial charge on any atom is -0.478 e. The van der Waals surface area contributed by atoms with Crippen LogP contribution in [-0.4, -0.2) is 11.1 Å². The van der Waals surface area contributed by atoms with Crippen LogP contribution < -0.4 is 5.73 Å². The number of allylic oxidation sites excluding steroid dienone is 2. The molecule has 3 nitrogen and oxygen atoms in total. The second kappa shape index (κ2) is 4.55. The second-order valence-corrected chi connectivity index (χ2v) is 2.47. The summed E-state index contributed by atoms with van der Waals surface area (Å²) in [5.74, 6) is -0.774. The van der Waals surface area contributed by atoms with E-state index in [0.29, 0.717) is 12.1 Å². The van der Waals surface area contributed by atoms with E-state index in [4.69, 9.17) is 10.8 Å². The molecule has 11 heavy (non-hydrogen) atoms. The Kier molecular flexibility index (Phi) is 4.03. The summed E-state index contributed by atoms with van der Waals surface area (Å²) in [7, 11) is 0. The maximum absolute atomic E-state index is 10.1. The summed E-state index contributed by atoms with van der Waals surface area (Å²) in [6.45, 7) is 5.49. The standard InChI is InChI=1S/C8H13NO2/c1-3-6(2)4-7(9)5-8(10)11/h3,5-6H,1,4,9H2,2H3,(H,10,11)/b7-5-/t6-/m0/s1. The predicted molar refractivity (Wildman–Crippen MR) is 43.9 cm³/mol. The number of hydrogen-bond donors (Lipinski definition) is 2. The molecule has 0 rings (SSSR count). The average Bonchev–Trinajstić information content (AvgIpc) is 1.85. The van der Waals surface area contributed by atoms with E-state index in [9.17, 15) is 4.79 Å². The van der Waals surface area contributed by atoms with E-state index in [2.05, 4.69) is 6.58 Å². The van der Waals surface area contributed by atoms with Gasteiger partial charge in [-0.25, -0.2) is 4.79 Å². The van der Waals surface area contributed by atoms with Crippen LogP contribution in [0.4, 0.5) is 0 Å². The monoisotopic (exact) mass is 155 g/mol. The average molecular weight is 155 g/mol. The lowest BCUT2D eigenvalue weighted by Crippen LogP contribution is -2.05. The topological polar surface area (TPSA) is 63.3 Å². The highest BCUT2D eigenvalue weighted by atomic mass is 16.4. The van der Waals surface area contributed by atoms with Gasteiger partial charge in [0.05, 0.1) is 0 Å². The van der Waals surface area contributed by atoms with E-state index in [1.807, 2.05) is 6.92 Å². The minimum atomic E-state index is -1.00. The molecule has 0 saturated heterocycles. The van der Waals surface area contributed by atoms with Crippen LogP contribution in [0.2, 0.25) is 0 Å². The van der Waals surface area contributed by atoms with Crippen LogP contribution in [0.3, 0.4) is 0 Å². The third-order valence-electron chi connectivity index (χ3n) is 1.27. The van der Waals surface area contributed by atoms with Crippen molar-refractivity contribution in [2.45, 2.75) is 13.3 Å². The number of carbonyl (C=O) groups is 1. The first-order valence-electron chi connectivity index (χ1n) is 3.37. The zero-order valence-electron chi connectivity index (χ0n) is 6.58. The molecule has 0 aromatic carbocycles. The summed E-state index contributed by atoms with van der Waals surface area (Å²) in [5, 5.41) is 8.29. The summed E-state index contributed by atoms with van der Waals surface area (Å²) in [4.78, 5) is 10.1. The Morgan fingerprint density at radius 3 is 2.73 bits per heavy atom. The van der Waals surface area contributed by atoms with Crippen LogP contribution in [-0.2, 0) is 4.79 Å². The molecular formula is C8H13NO2. The summed E-state index contributed by atoms with van der Waals surface area (Å²) in [6.07, 6.45) is 3.30. The number of carboxylic acids is 1. The fraction of sp³-hybridized carbons (Fsp3) is 0.375. The van der Waals surface area contributed by atoms with Gasteiger partial charge in [-0.15, -0.1) is 6.58 Å². The molecule has 0 aromatic heterocycles. The molecule has 62 valence electrons. The highest BCUT2D eigenvalue weighted by Gasteiger charge is 1.99. The summed E-state index contributed by atoms with van der Waals surface area (Å²) < 4.78 is 0. The van der Waals surface area contributed by atoms with Crippen molar-refractivity contribution < 1.29 is 9.90 Å². The van der Waals surface area contributed by atoms with Crippen molar-refractivity contribution in [2.24, 2.45) is 11.7 Å². The van der Waals surface area contributed by atoms with Crippen molar-refractivity contribution in [2.75, 3.05) is 0 Å². The molecule has 0 spiro atoms. The van der Waals surface area contributed by atoms with Crippen LogP contribution >= 0.6 is 0 Å². The molecule has 0 saturated carbocycles. The van der Waals surface area contributed by atoms with Crippen molar-refractivity contribution in [3.05, 3.63) is 24.4 Å². The summed E-state index contributed by atoms with van der Waals surface area (Å²) in [5.41, 5.74) is 5.76. The fourth-order valence-corrected chi connectivity index (χ4v) is 0.673. The van der Waals surface area contributed by atoms with Crippen molar-refractivity contribution in [3.8, 4) is 0 Å². The number of aliphatic carboxylic acids is 1. The normalized spacial score (nSPS) is 14.1. The van der Waals surface area contributed by atoms with Gasteiger partial charge >= 0.3 is 5.97 Å². The van der Waals surface area contributed by atoms with Gasteiger partial charge in [-0.3, -0.25) is 0 Å². The Hall–Kier alpha value is -1.25. The number of carboxylic acid groups (broad SMARTS) is 1. The van der Waals surface area contributed by atoms with Crippen molar-refractivity contribution >= 4 is 5.97 Å². The third kappa shape index (κ3) is 5.21. The van der Waals surface area contributed by atoms with Gasteiger partial charge in [0.1, 0.15) is 0 Å². The molecule has 0 aliphatic heterocycles. The van der Waals surface area contributed by atoms with E-state index in [0.717, 1.165) is 6.08 Å². The van der Waals surface area contributed by atoms with Gasteiger partial charge in [-0.1, -0.05) is 13.0 Å². The van der Waals surface area contributed by atoms with Gasteiger partial charge in [0.15, 0.2) is 0 Å². The van der Waals surface area contributed by atoms with Crippen molar-refractivity contribution in [3.63, 3.8) is 0 Å². The van der Waals surface area contributed by atoms with Crippen molar-refractivity contribution in [1.29, 1.82) is 0 Å². The fourth-order valence-electron chi connectivity index (χ4n) is 0.673. The SMILES string of the molecule is C=C[C@H](C)C/C(N)=C/C(=O)O. The molecule has 0 aromatic rings. The summed E-state index contributed by atoms with van der Waals surface area (Å²) >= 11 is 0. The van der Waals surface area contributed by atoms with E-state index >= 15 is 0 Å². The van der Waals surface area contributed by atoms with Gasteiger partial charge in [0.2, 0.25) is 0 Å². The number of rotatable bonds is 4. The Labute approximate surface area is 66.2 Å². The van der Waals surface area contributed by atoms with Crippen molar-refractivity contribution in [1.82, 2.24) is 0 Å². The lowest BCUT2D eigenvalue weighted by Gasteiger charge is -2.03. The van der Waals surface area contributed by atoms with Crippen LogP contribution in [0.15, 0.2) is 24.4 Å². The Morgan fingerprint density at radius 1 is 1.82 bits per heavy atom. The molecular weight excluding hydrogens is 142 g/mol. The van der Waals surface area contributed by atoms with Crippen LogP contribution in [0.5, 0.6) is 0 Å². The maximum Gasteiger partial charge on any atom is 0.330 e. The van der Waals surface area contributed by atoms with Crippen LogP contribution in [0.25, 0.3) is 0 Å². The van der Waals surface area contributed by atoms with Crippen LogP contribution in [0, 0.1) is 5.92 Å². The van der Waals surface area contributed by atoms with E-state index in [1.54, 1.807) is 6.08 Å². The molecule has 0 amide bonds. The zero-order chi connectivity index (χ0) is 8.85. The zero-order valence-corrected chi connectivity index (χ0v) is 6.58. The number of nitrogens with two attached hydrogens (primary N) is 1.